The summed E-state index contributed by atoms with van der Waals surface area (Å²) in [6.07, 6.45) is 0.766. The number of urea groups is 1. The van der Waals surface area contributed by atoms with E-state index >= 15 is 0 Å². The summed E-state index contributed by atoms with van der Waals surface area (Å²) >= 11 is 3.55. The van der Waals surface area contributed by atoms with E-state index in [1.54, 1.807) is 28.5 Å². The number of rotatable bonds is 8. The van der Waals surface area contributed by atoms with Gasteiger partial charge >= 0.3 is 233 Å². The van der Waals surface area contributed by atoms with Crippen LogP contribution in [0.3, 0.4) is 0 Å². The Morgan fingerprint density at radius 2 is 2.00 bits per heavy atom. The molecule has 0 spiro atoms. The number of hydrogen-bond acceptors (Lipinski definition) is 6. The predicted octanol–water partition coefficient (Wildman–Crippen LogP) is 5.95. The van der Waals surface area contributed by atoms with Crippen molar-refractivity contribution in [2.75, 3.05) is 28.0 Å². The number of ether oxygens (including phenoxy) is 3. The average molecular weight is 659 g/mol. The molecule has 0 saturated carbocycles. The van der Waals surface area contributed by atoms with Gasteiger partial charge < -0.3 is 0 Å². The zero-order chi connectivity index (χ0) is 27.3. The number of hydrogen-bond donors (Lipinski definition) is 2. The molecule has 1 aliphatic rings. The molecular weight excluding hydrogens is 630 g/mol. The Hall–Kier alpha value is -2.74. The molecule has 9 nitrogen and oxygen atoms in total. The van der Waals surface area contributed by atoms with Gasteiger partial charge in [-0.1, -0.05) is 0 Å². The van der Waals surface area contributed by atoms with E-state index in [1.165, 1.54) is 12.1 Å². The number of anilines is 1. The summed E-state index contributed by atoms with van der Waals surface area (Å²) in [6.45, 7) is 4.08. The van der Waals surface area contributed by atoms with Crippen LogP contribution in [-0.4, -0.2) is 54.8 Å². The van der Waals surface area contributed by atoms with Crippen molar-refractivity contribution < 1.29 is 28.2 Å². The normalized spacial score (nSPS) is 16.7. The van der Waals surface area contributed by atoms with Crippen LogP contribution in [0.15, 0.2) is 54.7 Å². The number of benzene rings is 2. The second-order valence-corrected chi connectivity index (χ2v) is 14.7. The van der Waals surface area contributed by atoms with Gasteiger partial charge in [-0.25, -0.2) is 0 Å². The van der Waals surface area contributed by atoms with Crippen molar-refractivity contribution in [3.05, 3.63) is 71.1 Å². The molecule has 2 heterocycles. The number of halogens is 3. The molecule has 204 valence electrons. The summed E-state index contributed by atoms with van der Waals surface area (Å²) < 4.78 is 33.1. The Labute approximate surface area is 232 Å². The number of pyridine rings is 1. The number of fused-ring (bicyclic) bond motifs is 1. The van der Waals surface area contributed by atoms with Gasteiger partial charge in [0.25, 0.3) is 0 Å². The number of nitrogens with zero attached hydrogens (tertiary/aromatic N) is 2. The Morgan fingerprint density at radius 3 is 2.74 bits per heavy atom. The van der Waals surface area contributed by atoms with E-state index in [9.17, 15) is 14.0 Å². The Bertz CT molecular complexity index is 1310. The molecule has 12 heteroatoms. The summed E-state index contributed by atoms with van der Waals surface area (Å²) in [4.78, 5) is 29.8. The van der Waals surface area contributed by atoms with Gasteiger partial charge in [0.05, 0.1) is 0 Å². The van der Waals surface area contributed by atoms with E-state index < -0.39 is 37.8 Å². The molecular formula is C26H29ClFIN4O5. The average Bonchev–Trinajstić information content (AvgIpc) is 3.24. The van der Waals surface area contributed by atoms with E-state index in [2.05, 4.69) is 15.6 Å². The fraction of sp³-hybridized carbons (Fsp3) is 0.346. The van der Waals surface area contributed by atoms with E-state index in [0.29, 0.717) is 22.4 Å². The molecule has 0 radical (unpaired) electrons. The minimum absolute atomic E-state index is 0.0353. The van der Waals surface area contributed by atoms with Gasteiger partial charge in [-0.2, -0.15) is 0 Å². The maximum atomic E-state index is 13.8. The van der Waals surface area contributed by atoms with Crippen molar-refractivity contribution in [1.29, 1.82) is 0 Å². The van der Waals surface area contributed by atoms with Crippen molar-refractivity contribution in [1.82, 2.24) is 13.4 Å². The van der Waals surface area contributed by atoms with Crippen LogP contribution >= 0.6 is 31.7 Å². The van der Waals surface area contributed by atoms with Gasteiger partial charge in [-0.15, -0.1) is 0 Å². The van der Waals surface area contributed by atoms with Crippen LogP contribution in [0.1, 0.15) is 19.4 Å². The summed E-state index contributed by atoms with van der Waals surface area (Å²) in [5.74, 6) is -0.913. The van der Waals surface area contributed by atoms with E-state index in [-0.39, 0.29) is 28.3 Å². The van der Waals surface area contributed by atoms with Crippen LogP contribution in [0.2, 0.25) is 5.02 Å². The molecule has 3 aromatic rings. The number of alkyl halides is 2. The SMILES string of the molecule is CN(C(=O)NCc1cccc(F)c1Cl)I(COC(=O)Nc1cc2ccccc2cn1)C[C@@H]1COC(C)(C)O1. The molecule has 1 fully saturated rings. The van der Waals surface area contributed by atoms with Crippen molar-refractivity contribution in [3.63, 3.8) is 0 Å². The fourth-order valence-corrected chi connectivity index (χ4v) is 8.19. The first-order valence-corrected chi connectivity index (χ1v) is 16.2. The van der Waals surface area contributed by atoms with Crippen molar-refractivity contribution in [3.8, 4) is 0 Å². The molecule has 1 atom stereocenters. The predicted molar refractivity (Wildman–Crippen MR) is 152 cm³/mol. The summed E-state index contributed by atoms with van der Waals surface area (Å²) in [6, 6.07) is 13.5. The standard InChI is InChI=1S/C26H29ClFIN4O5/c1-26(2)37-15-20(38-26)12-29(33(3)24(34)31-14-19-9-6-10-21(28)23(19)27)16-36-25(35)32-22-11-17-7-4-5-8-18(17)13-30-22/h4-11,13,20H,12,14-16H2,1-3H3,(H,31,34)(H,30,32,35)/t20-/m1/s1. The van der Waals surface area contributed by atoms with Crippen LogP contribution in [0, 0.1) is 5.82 Å². The topological polar surface area (TPSA) is 102 Å². The van der Waals surface area contributed by atoms with Crippen LogP contribution in [0.25, 0.3) is 10.8 Å². The zero-order valence-corrected chi connectivity index (χ0v) is 24.1. The third-order valence-corrected chi connectivity index (χ3v) is 11.6. The zero-order valence-electron chi connectivity index (χ0n) is 21.2. The number of nitrogens with one attached hydrogen (secondary N) is 2. The monoisotopic (exact) mass is 658 g/mol. The molecule has 2 N–H and O–H groups in total. The van der Waals surface area contributed by atoms with Gasteiger partial charge in [-0.05, 0) is 0 Å². The van der Waals surface area contributed by atoms with E-state index in [1.807, 2.05) is 38.1 Å². The van der Waals surface area contributed by atoms with E-state index in [4.69, 9.17) is 25.8 Å². The Morgan fingerprint density at radius 1 is 1.24 bits per heavy atom. The molecule has 38 heavy (non-hydrogen) atoms. The van der Waals surface area contributed by atoms with Gasteiger partial charge in [-0.3, -0.25) is 0 Å². The van der Waals surface area contributed by atoms with Crippen molar-refractivity contribution >= 4 is 60.4 Å². The number of amides is 3. The first-order chi connectivity index (χ1) is 18.1. The third-order valence-electron chi connectivity index (χ3n) is 5.69. The summed E-state index contributed by atoms with van der Waals surface area (Å²) in [5, 5.41) is 7.27. The second kappa shape index (κ2) is 12.4. The number of aromatic nitrogens is 1. The maximum absolute atomic E-state index is 13.8. The van der Waals surface area contributed by atoms with Crippen molar-refractivity contribution in [2.24, 2.45) is 0 Å². The Kier molecular flexibility index (Phi) is 9.23. The molecule has 2 aromatic carbocycles. The van der Waals surface area contributed by atoms with Crippen LogP contribution < -0.4 is 10.6 Å². The van der Waals surface area contributed by atoms with Gasteiger partial charge in [0, 0.05) is 0 Å². The third kappa shape index (κ3) is 7.43. The molecule has 1 saturated heterocycles. The van der Waals surface area contributed by atoms with Crippen LogP contribution in [0.5, 0.6) is 0 Å². The summed E-state index contributed by atoms with van der Waals surface area (Å²) in [5.41, 5.74) is 0.460. The first-order valence-electron chi connectivity index (χ1n) is 11.8. The van der Waals surface area contributed by atoms with Gasteiger partial charge in [0.2, 0.25) is 0 Å². The molecule has 0 bridgehead atoms. The molecule has 3 amide bonds. The molecule has 0 unspecified atom stereocenters. The number of carbonyl (C=O) groups is 2. The number of carbonyl (C=O) groups excluding carboxylic acids is 2. The van der Waals surface area contributed by atoms with Crippen molar-refractivity contribution in [2.45, 2.75) is 32.3 Å². The quantitative estimate of drug-likeness (QED) is 0.176. The van der Waals surface area contributed by atoms with Gasteiger partial charge in [0.15, 0.2) is 0 Å². The first kappa shape index (κ1) is 28.3. The molecule has 1 aromatic heterocycles. The minimum atomic E-state index is -2.46. The summed E-state index contributed by atoms with van der Waals surface area (Å²) in [7, 11) is 1.65. The fourth-order valence-electron chi connectivity index (χ4n) is 3.74. The molecule has 4 rings (SSSR count). The van der Waals surface area contributed by atoms with Crippen LogP contribution in [-0.2, 0) is 20.8 Å². The second-order valence-electron chi connectivity index (χ2n) is 8.96. The van der Waals surface area contributed by atoms with Crippen LogP contribution in [0.4, 0.5) is 19.8 Å². The molecule has 0 aliphatic carbocycles. The molecule has 1 aliphatic heterocycles. The Balaban J connectivity index is 1.39. The van der Waals surface area contributed by atoms with Gasteiger partial charge in [0.1, 0.15) is 0 Å². The van der Waals surface area contributed by atoms with E-state index in [0.717, 1.165) is 10.8 Å².